The second-order valence-electron chi connectivity index (χ2n) is 6.21. The average Bonchev–Trinajstić information content (AvgIpc) is 2.68. The van der Waals surface area contributed by atoms with E-state index in [1.54, 1.807) is 11.0 Å². The first-order valence-corrected chi connectivity index (χ1v) is 9.38. The van der Waals surface area contributed by atoms with Crippen molar-refractivity contribution in [3.63, 3.8) is 0 Å². The summed E-state index contributed by atoms with van der Waals surface area (Å²) in [5.41, 5.74) is 0.340. The molecule has 2 aromatic carbocycles. The zero-order valence-corrected chi connectivity index (χ0v) is 16.6. The molecule has 1 amide bonds. The average molecular weight is 408 g/mol. The minimum Gasteiger partial charge on any atom is -0.338 e. The predicted octanol–water partition coefficient (Wildman–Crippen LogP) is 3.99. The maximum atomic E-state index is 13.1. The molecule has 1 fully saturated rings. The summed E-state index contributed by atoms with van der Waals surface area (Å²) in [6.07, 6.45) is 1.77. The zero-order valence-electron chi connectivity index (χ0n) is 15.0. The van der Waals surface area contributed by atoms with E-state index in [2.05, 4.69) is 5.32 Å². The number of piperidine rings is 1. The molecule has 0 aromatic heterocycles. The van der Waals surface area contributed by atoms with Gasteiger partial charge in [-0.3, -0.25) is 14.9 Å². The maximum absolute atomic E-state index is 13.1. The number of amides is 1. The highest BCUT2D eigenvalue weighted by Gasteiger charge is 2.26. The van der Waals surface area contributed by atoms with E-state index in [0.717, 1.165) is 22.6 Å². The molecule has 3 rings (SSSR count). The number of nitrogens with zero attached hydrogens (tertiary/aromatic N) is 2. The van der Waals surface area contributed by atoms with Crippen LogP contribution in [0.4, 0.5) is 5.69 Å². The second kappa shape index (κ2) is 9.73. The molecule has 27 heavy (non-hydrogen) atoms. The van der Waals surface area contributed by atoms with Gasteiger partial charge < -0.3 is 10.2 Å². The number of hydrogen-bond acceptors (Lipinski definition) is 5. The van der Waals surface area contributed by atoms with Crippen molar-refractivity contribution >= 4 is 35.8 Å². The lowest BCUT2D eigenvalue weighted by Gasteiger charge is -2.32. The van der Waals surface area contributed by atoms with Crippen LogP contribution in [-0.4, -0.2) is 41.9 Å². The number of rotatable bonds is 5. The molecule has 0 saturated carbocycles. The molecular weight excluding hydrogens is 386 g/mol. The highest BCUT2D eigenvalue weighted by Crippen LogP contribution is 2.33. The highest BCUT2D eigenvalue weighted by molar-refractivity contribution is 7.99. The van der Waals surface area contributed by atoms with Crippen molar-refractivity contribution in [2.45, 2.75) is 28.7 Å². The highest BCUT2D eigenvalue weighted by atomic mass is 35.5. The van der Waals surface area contributed by atoms with Crippen molar-refractivity contribution in [1.82, 2.24) is 10.2 Å². The Hall–Kier alpha value is -2.09. The van der Waals surface area contributed by atoms with Crippen LogP contribution in [0, 0.1) is 10.1 Å². The first kappa shape index (κ1) is 21.2. The minimum atomic E-state index is -0.457. The van der Waals surface area contributed by atoms with Gasteiger partial charge in [0, 0.05) is 41.1 Å². The van der Waals surface area contributed by atoms with E-state index >= 15 is 0 Å². The molecule has 144 valence electrons. The number of carbonyl (C=O) groups is 1. The lowest BCUT2D eigenvalue weighted by Crippen LogP contribution is -2.44. The summed E-state index contributed by atoms with van der Waals surface area (Å²) in [6, 6.07) is 14.6. The van der Waals surface area contributed by atoms with E-state index in [9.17, 15) is 14.9 Å². The van der Waals surface area contributed by atoms with Crippen LogP contribution in [0.2, 0.25) is 0 Å². The number of nitrogens with one attached hydrogen (secondary N) is 1. The van der Waals surface area contributed by atoms with Gasteiger partial charge in [-0.2, -0.15) is 0 Å². The van der Waals surface area contributed by atoms with Crippen LogP contribution in [0.5, 0.6) is 0 Å². The first-order chi connectivity index (χ1) is 12.6. The molecule has 1 saturated heterocycles. The quantitative estimate of drug-likeness (QED) is 0.599. The van der Waals surface area contributed by atoms with E-state index in [4.69, 9.17) is 0 Å². The van der Waals surface area contributed by atoms with Crippen LogP contribution in [-0.2, 0) is 0 Å². The third-order valence-electron chi connectivity index (χ3n) is 4.57. The van der Waals surface area contributed by atoms with Gasteiger partial charge in [-0.15, -0.1) is 12.4 Å². The summed E-state index contributed by atoms with van der Waals surface area (Å²) in [5.74, 6) is -0.137. The van der Waals surface area contributed by atoms with Gasteiger partial charge >= 0.3 is 0 Å². The van der Waals surface area contributed by atoms with Gasteiger partial charge in [-0.25, -0.2) is 0 Å². The summed E-state index contributed by atoms with van der Waals surface area (Å²) >= 11 is 1.45. The third-order valence-corrected chi connectivity index (χ3v) is 5.65. The lowest BCUT2D eigenvalue weighted by atomic mass is 10.0. The van der Waals surface area contributed by atoms with Crippen molar-refractivity contribution in [2.24, 2.45) is 0 Å². The SMILES string of the molecule is CNC1CCN(C(=O)c2cc([N+](=O)[O-])ccc2Sc2ccccc2)CC1.Cl. The Bertz CT molecular complexity index is 796. The van der Waals surface area contributed by atoms with Crippen molar-refractivity contribution < 1.29 is 9.72 Å². The van der Waals surface area contributed by atoms with E-state index in [-0.39, 0.29) is 24.0 Å². The molecule has 0 spiro atoms. The smallest absolute Gasteiger partial charge is 0.270 e. The third kappa shape index (κ3) is 5.22. The fourth-order valence-corrected chi connectivity index (χ4v) is 3.98. The lowest BCUT2D eigenvalue weighted by molar-refractivity contribution is -0.384. The Morgan fingerprint density at radius 3 is 2.44 bits per heavy atom. The standard InChI is InChI=1S/C19H21N3O3S.ClH/c1-20-14-9-11-21(12-10-14)19(23)17-13-15(22(24)25)7-8-18(17)26-16-5-3-2-4-6-16;/h2-8,13-14,20H,9-12H2,1H3;1H. The van der Waals surface area contributed by atoms with Crippen LogP contribution in [0.15, 0.2) is 58.3 Å². The molecule has 1 aliphatic rings. The Morgan fingerprint density at radius 1 is 1.19 bits per heavy atom. The molecule has 1 heterocycles. The van der Waals surface area contributed by atoms with E-state index in [0.29, 0.717) is 24.7 Å². The molecule has 1 aliphatic heterocycles. The molecule has 6 nitrogen and oxygen atoms in total. The number of likely N-dealkylation sites (tertiary alicyclic amines) is 1. The van der Waals surface area contributed by atoms with Crippen LogP contribution < -0.4 is 5.32 Å². The summed E-state index contributed by atoms with van der Waals surface area (Å²) in [7, 11) is 1.93. The molecule has 1 N–H and O–H groups in total. The summed E-state index contributed by atoms with van der Waals surface area (Å²) in [4.78, 5) is 27.3. The molecule has 0 radical (unpaired) electrons. The monoisotopic (exact) mass is 407 g/mol. The number of non-ortho nitro benzene ring substituents is 1. The van der Waals surface area contributed by atoms with Gasteiger partial charge in [0.25, 0.3) is 11.6 Å². The van der Waals surface area contributed by atoms with E-state index < -0.39 is 4.92 Å². The number of nitro groups is 1. The molecule has 0 aliphatic carbocycles. The molecule has 0 bridgehead atoms. The number of hydrogen-bond donors (Lipinski definition) is 1. The fourth-order valence-electron chi connectivity index (χ4n) is 3.04. The number of halogens is 1. The number of benzene rings is 2. The Kier molecular flexibility index (Phi) is 7.65. The Balaban J connectivity index is 0.00000261. The van der Waals surface area contributed by atoms with Crippen molar-refractivity contribution in [2.75, 3.05) is 20.1 Å². The topological polar surface area (TPSA) is 75.5 Å². The number of nitro benzene ring substituents is 1. The largest absolute Gasteiger partial charge is 0.338 e. The van der Waals surface area contributed by atoms with E-state index in [1.165, 1.54) is 23.9 Å². The van der Waals surface area contributed by atoms with Gasteiger partial charge in [0.1, 0.15) is 0 Å². The van der Waals surface area contributed by atoms with Crippen molar-refractivity contribution in [1.29, 1.82) is 0 Å². The predicted molar refractivity (Wildman–Crippen MR) is 109 cm³/mol. The van der Waals surface area contributed by atoms with Gasteiger partial charge in [0.15, 0.2) is 0 Å². The van der Waals surface area contributed by atoms with Gasteiger partial charge in [0.2, 0.25) is 0 Å². The van der Waals surface area contributed by atoms with E-state index in [1.807, 2.05) is 37.4 Å². The molecule has 2 aromatic rings. The number of carbonyl (C=O) groups excluding carboxylic acids is 1. The van der Waals surface area contributed by atoms with Crippen molar-refractivity contribution in [3.05, 3.63) is 64.2 Å². The van der Waals surface area contributed by atoms with Gasteiger partial charge in [0.05, 0.1) is 10.5 Å². The van der Waals surface area contributed by atoms with Crippen LogP contribution in [0.1, 0.15) is 23.2 Å². The normalized spacial score (nSPS) is 14.5. The summed E-state index contributed by atoms with van der Waals surface area (Å²) in [6.45, 7) is 1.31. The summed E-state index contributed by atoms with van der Waals surface area (Å²) < 4.78 is 0. The fraction of sp³-hybridized carbons (Fsp3) is 0.316. The van der Waals surface area contributed by atoms with Crippen LogP contribution in [0.25, 0.3) is 0 Å². The van der Waals surface area contributed by atoms with Gasteiger partial charge in [-0.05, 0) is 38.1 Å². The first-order valence-electron chi connectivity index (χ1n) is 8.56. The molecule has 0 unspecified atom stereocenters. The van der Waals surface area contributed by atoms with Crippen molar-refractivity contribution in [3.8, 4) is 0 Å². The second-order valence-corrected chi connectivity index (χ2v) is 7.32. The van der Waals surface area contributed by atoms with Crippen LogP contribution in [0.3, 0.4) is 0 Å². The maximum Gasteiger partial charge on any atom is 0.270 e. The Morgan fingerprint density at radius 2 is 1.85 bits per heavy atom. The van der Waals surface area contributed by atoms with Gasteiger partial charge in [-0.1, -0.05) is 30.0 Å². The zero-order chi connectivity index (χ0) is 18.5. The molecular formula is C19H22ClN3O3S. The molecule has 0 atom stereocenters. The summed E-state index contributed by atoms with van der Waals surface area (Å²) in [5, 5.41) is 14.4. The van der Waals surface area contributed by atoms with Crippen LogP contribution >= 0.6 is 24.2 Å². The minimum absolute atomic E-state index is 0. The molecule has 8 heteroatoms. The Labute approximate surface area is 168 Å².